The summed E-state index contributed by atoms with van der Waals surface area (Å²) < 4.78 is 5.57. The molecule has 1 aromatic carbocycles. The van der Waals surface area contributed by atoms with Gasteiger partial charge in [-0.1, -0.05) is 0 Å². The number of hydrogen-bond acceptors (Lipinski definition) is 3. The van der Waals surface area contributed by atoms with E-state index in [1.807, 2.05) is 45.0 Å². The molecule has 0 saturated heterocycles. The Labute approximate surface area is 115 Å². The van der Waals surface area contributed by atoms with Gasteiger partial charge in [-0.2, -0.15) is 0 Å². The van der Waals surface area contributed by atoms with Gasteiger partial charge >= 0.3 is 0 Å². The van der Waals surface area contributed by atoms with Crippen LogP contribution in [0.2, 0.25) is 0 Å². The maximum atomic E-state index is 11.9. The first-order chi connectivity index (χ1) is 8.90. The molecule has 0 bridgehead atoms. The van der Waals surface area contributed by atoms with Crippen molar-refractivity contribution in [1.82, 2.24) is 0 Å². The quantitative estimate of drug-likeness (QED) is 0.859. The van der Waals surface area contributed by atoms with E-state index in [2.05, 4.69) is 0 Å². The Balaban J connectivity index is 2.61. The van der Waals surface area contributed by atoms with Gasteiger partial charge in [0.15, 0.2) is 0 Å². The first-order valence-electron chi connectivity index (χ1n) is 6.69. The minimum atomic E-state index is 0.0548. The molecule has 0 aromatic heterocycles. The zero-order valence-corrected chi connectivity index (χ0v) is 12.2. The highest BCUT2D eigenvalue weighted by molar-refractivity contribution is 5.92. The van der Waals surface area contributed by atoms with Crippen molar-refractivity contribution in [2.75, 3.05) is 11.9 Å². The lowest BCUT2D eigenvalue weighted by atomic mass is 10.2. The molecule has 0 heterocycles. The third kappa shape index (κ3) is 5.30. The van der Waals surface area contributed by atoms with Crippen molar-refractivity contribution in [1.29, 1.82) is 0 Å². The SMILES string of the molecule is CC(N)CCC(=O)N(C)c1ccc(OC(C)C)cc1. The molecule has 4 heteroatoms. The van der Waals surface area contributed by atoms with Crippen LogP contribution in [0.1, 0.15) is 33.6 Å². The molecule has 1 atom stereocenters. The molecule has 106 valence electrons. The number of rotatable bonds is 6. The van der Waals surface area contributed by atoms with Gasteiger partial charge in [0.1, 0.15) is 5.75 Å². The van der Waals surface area contributed by atoms with Crippen molar-refractivity contribution < 1.29 is 9.53 Å². The second kappa shape index (κ2) is 7.14. The molecule has 0 aliphatic rings. The van der Waals surface area contributed by atoms with Gasteiger partial charge < -0.3 is 15.4 Å². The van der Waals surface area contributed by atoms with Crippen LogP contribution < -0.4 is 15.4 Å². The van der Waals surface area contributed by atoms with E-state index < -0.39 is 0 Å². The summed E-state index contributed by atoms with van der Waals surface area (Å²) >= 11 is 0. The van der Waals surface area contributed by atoms with Gasteiger partial charge in [0.05, 0.1) is 6.10 Å². The largest absolute Gasteiger partial charge is 0.491 e. The Morgan fingerprint density at radius 1 is 1.26 bits per heavy atom. The lowest BCUT2D eigenvalue weighted by Gasteiger charge is -2.18. The van der Waals surface area contributed by atoms with Crippen LogP contribution in [0.4, 0.5) is 5.69 Å². The van der Waals surface area contributed by atoms with Gasteiger partial charge in [0.25, 0.3) is 0 Å². The van der Waals surface area contributed by atoms with Gasteiger partial charge in [-0.3, -0.25) is 4.79 Å². The minimum Gasteiger partial charge on any atom is -0.491 e. The number of nitrogens with zero attached hydrogens (tertiary/aromatic N) is 1. The van der Waals surface area contributed by atoms with Crippen LogP contribution in [-0.2, 0) is 4.79 Å². The summed E-state index contributed by atoms with van der Waals surface area (Å²) in [5, 5.41) is 0. The number of carbonyl (C=O) groups is 1. The van der Waals surface area contributed by atoms with E-state index in [1.54, 1.807) is 11.9 Å². The number of hydrogen-bond donors (Lipinski definition) is 1. The highest BCUT2D eigenvalue weighted by atomic mass is 16.5. The molecule has 2 N–H and O–H groups in total. The first-order valence-corrected chi connectivity index (χ1v) is 6.69. The van der Waals surface area contributed by atoms with Crippen LogP contribution in [0, 0.1) is 0 Å². The zero-order chi connectivity index (χ0) is 14.4. The molecule has 0 spiro atoms. The monoisotopic (exact) mass is 264 g/mol. The Hall–Kier alpha value is -1.55. The number of nitrogens with two attached hydrogens (primary N) is 1. The van der Waals surface area contributed by atoms with Crippen LogP contribution in [0.3, 0.4) is 0 Å². The highest BCUT2D eigenvalue weighted by Gasteiger charge is 2.11. The summed E-state index contributed by atoms with van der Waals surface area (Å²) in [6.45, 7) is 5.88. The fraction of sp³-hybridized carbons (Fsp3) is 0.533. The van der Waals surface area contributed by atoms with E-state index in [9.17, 15) is 4.79 Å². The summed E-state index contributed by atoms with van der Waals surface area (Å²) in [6.07, 6.45) is 1.33. The molecule has 0 radical (unpaired) electrons. The van der Waals surface area contributed by atoms with E-state index in [-0.39, 0.29) is 18.1 Å². The number of anilines is 1. The molecule has 19 heavy (non-hydrogen) atoms. The Morgan fingerprint density at radius 3 is 2.32 bits per heavy atom. The highest BCUT2D eigenvalue weighted by Crippen LogP contribution is 2.20. The van der Waals surface area contributed by atoms with Crippen molar-refractivity contribution in [2.45, 2.75) is 45.8 Å². The standard InChI is InChI=1S/C15H24N2O2/c1-11(2)19-14-8-6-13(7-9-14)17(4)15(18)10-5-12(3)16/h6-9,11-12H,5,10,16H2,1-4H3. The van der Waals surface area contributed by atoms with Crippen LogP contribution in [0.25, 0.3) is 0 Å². The predicted octanol–water partition coefficient (Wildman–Crippen LogP) is 2.56. The van der Waals surface area contributed by atoms with Crippen LogP contribution in [0.5, 0.6) is 5.75 Å². The molecule has 1 amide bonds. The Bertz CT molecular complexity index is 399. The molecule has 0 saturated carbocycles. The summed E-state index contributed by atoms with van der Waals surface area (Å²) in [5.41, 5.74) is 6.52. The average Bonchev–Trinajstić information content (AvgIpc) is 2.35. The molecule has 1 aromatic rings. The molecule has 1 rings (SSSR count). The van der Waals surface area contributed by atoms with Gasteiger partial charge in [0.2, 0.25) is 5.91 Å². The fourth-order valence-electron chi connectivity index (χ4n) is 1.68. The van der Waals surface area contributed by atoms with Crippen LogP contribution in [-0.4, -0.2) is 25.1 Å². The first kappa shape index (κ1) is 15.5. The second-order valence-corrected chi connectivity index (χ2v) is 5.13. The molecule has 0 aliphatic carbocycles. The summed E-state index contributed by atoms with van der Waals surface area (Å²) in [7, 11) is 1.78. The van der Waals surface area contributed by atoms with Gasteiger partial charge in [-0.05, 0) is 51.5 Å². The Morgan fingerprint density at radius 2 is 1.84 bits per heavy atom. The lowest BCUT2D eigenvalue weighted by molar-refractivity contribution is -0.118. The molecule has 0 aliphatic heterocycles. The van der Waals surface area contributed by atoms with Crippen molar-refractivity contribution in [3.63, 3.8) is 0 Å². The third-order valence-corrected chi connectivity index (χ3v) is 2.78. The topological polar surface area (TPSA) is 55.6 Å². The lowest BCUT2D eigenvalue weighted by Crippen LogP contribution is -2.28. The van der Waals surface area contributed by atoms with Crippen molar-refractivity contribution >= 4 is 11.6 Å². The second-order valence-electron chi connectivity index (χ2n) is 5.13. The van der Waals surface area contributed by atoms with Crippen LogP contribution in [0.15, 0.2) is 24.3 Å². The van der Waals surface area contributed by atoms with E-state index >= 15 is 0 Å². The molecule has 0 fully saturated rings. The van der Waals surface area contributed by atoms with E-state index in [0.29, 0.717) is 12.8 Å². The van der Waals surface area contributed by atoms with Crippen molar-refractivity contribution in [3.8, 4) is 5.75 Å². The molecular formula is C15H24N2O2. The van der Waals surface area contributed by atoms with E-state index in [0.717, 1.165) is 11.4 Å². The molecular weight excluding hydrogens is 240 g/mol. The summed E-state index contributed by atoms with van der Waals surface area (Å²) in [6, 6.07) is 7.59. The van der Waals surface area contributed by atoms with E-state index in [4.69, 9.17) is 10.5 Å². The van der Waals surface area contributed by atoms with Gasteiger partial charge in [-0.15, -0.1) is 0 Å². The van der Waals surface area contributed by atoms with Crippen molar-refractivity contribution in [2.24, 2.45) is 5.73 Å². The molecule has 4 nitrogen and oxygen atoms in total. The fourth-order valence-corrected chi connectivity index (χ4v) is 1.68. The Kier molecular flexibility index (Phi) is 5.83. The maximum absolute atomic E-state index is 11.9. The third-order valence-electron chi connectivity index (χ3n) is 2.78. The summed E-state index contributed by atoms with van der Waals surface area (Å²) in [4.78, 5) is 13.6. The van der Waals surface area contributed by atoms with Gasteiger partial charge in [0, 0.05) is 25.2 Å². The minimum absolute atomic E-state index is 0.0548. The predicted molar refractivity (Wildman–Crippen MR) is 78.5 cm³/mol. The normalized spacial score (nSPS) is 12.3. The van der Waals surface area contributed by atoms with Crippen LogP contribution >= 0.6 is 0 Å². The zero-order valence-electron chi connectivity index (χ0n) is 12.2. The maximum Gasteiger partial charge on any atom is 0.226 e. The number of ether oxygens (including phenoxy) is 1. The number of carbonyl (C=O) groups excluding carboxylic acids is 1. The van der Waals surface area contributed by atoms with Crippen molar-refractivity contribution in [3.05, 3.63) is 24.3 Å². The van der Waals surface area contributed by atoms with E-state index in [1.165, 1.54) is 0 Å². The number of benzene rings is 1. The smallest absolute Gasteiger partial charge is 0.226 e. The average molecular weight is 264 g/mol. The summed E-state index contributed by atoms with van der Waals surface area (Å²) in [5.74, 6) is 0.894. The molecule has 1 unspecified atom stereocenters. The number of amides is 1. The van der Waals surface area contributed by atoms with Gasteiger partial charge in [-0.25, -0.2) is 0 Å².